The van der Waals surface area contributed by atoms with E-state index >= 15 is 0 Å². The van der Waals surface area contributed by atoms with Crippen LogP contribution in [0.4, 0.5) is 0 Å². The van der Waals surface area contributed by atoms with Crippen LogP contribution in [0.5, 0.6) is 11.5 Å². The van der Waals surface area contributed by atoms with E-state index in [1.807, 2.05) is 13.2 Å². The Balaban J connectivity index is 2.17. The zero-order chi connectivity index (χ0) is 22.1. The van der Waals surface area contributed by atoms with Crippen molar-refractivity contribution < 1.29 is 19.4 Å². The second-order valence-corrected chi connectivity index (χ2v) is 8.57. The Hall–Kier alpha value is -1.31. The van der Waals surface area contributed by atoms with Crippen LogP contribution in [0.3, 0.4) is 0 Å². The van der Waals surface area contributed by atoms with Crippen LogP contribution < -0.4 is 14.8 Å². The molecule has 2 aromatic rings. The number of hydrogen-bond donors (Lipinski definition) is 2. The Morgan fingerprint density at radius 3 is 2.40 bits per heavy atom. The maximum atomic E-state index is 11.4. The normalized spacial score (nSPS) is 11.9. The van der Waals surface area contributed by atoms with Crippen molar-refractivity contribution in [3.63, 3.8) is 0 Å². The summed E-state index contributed by atoms with van der Waals surface area (Å²) >= 11 is 20.5. The van der Waals surface area contributed by atoms with Crippen LogP contribution in [-0.4, -0.2) is 35.7 Å². The molecule has 0 heterocycles. The molecular formula is C21H24Cl3NO4S. The Morgan fingerprint density at radius 1 is 1.13 bits per heavy atom. The lowest BCUT2D eigenvalue weighted by Gasteiger charge is -2.18. The van der Waals surface area contributed by atoms with Crippen molar-refractivity contribution in [3.8, 4) is 11.5 Å². The number of carbonyl (C=O) groups is 1. The summed E-state index contributed by atoms with van der Waals surface area (Å²) in [7, 11) is 0. The number of nitrogens with one attached hydrogen (secondary N) is 1. The summed E-state index contributed by atoms with van der Waals surface area (Å²) in [6.07, 6.45) is 2.46. The van der Waals surface area contributed by atoms with Crippen LogP contribution in [0.1, 0.15) is 24.5 Å². The van der Waals surface area contributed by atoms with Gasteiger partial charge in [0.05, 0.1) is 6.61 Å². The average molecular weight is 493 g/mol. The van der Waals surface area contributed by atoms with Crippen molar-refractivity contribution in [2.75, 3.05) is 18.6 Å². The van der Waals surface area contributed by atoms with Crippen molar-refractivity contribution >= 4 is 52.5 Å². The highest BCUT2D eigenvalue weighted by atomic mass is 35.5. The molecule has 2 rings (SSSR count). The second-order valence-electron chi connectivity index (χ2n) is 6.37. The lowest BCUT2D eigenvalue weighted by molar-refractivity contribution is -0.139. The van der Waals surface area contributed by atoms with Crippen LogP contribution in [-0.2, 0) is 17.9 Å². The maximum absolute atomic E-state index is 11.4. The third-order valence-corrected chi connectivity index (χ3v) is 6.00. The first-order chi connectivity index (χ1) is 14.4. The molecule has 0 radical (unpaired) electrons. The summed E-state index contributed by atoms with van der Waals surface area (Å²) in [6, 6.07) is 8.02. The van der Waals surface area contributed by atoms with Crippen LogP contribution in [0.15, 0.2) is 30.3 Å². The van der Waals surface area contributed by atoms with Crippen LogP contribution in [0.25, 0.3) is 0 Å². The van der Waals surface area contributed by atoms with E-state index in [1.54, 1.807) is 42.1 Å². The van der Waals surface area contributed by atoms with Gasteiger partial charge in [0, 0.05) is 33.2 Å². The van der Waals surface area contributed by atoms with Gasteiger partial charge in [0.1, 0.15) is 12.6 Å². The summed E-state index contributed by atoms with van der Waals surface area (Å²) < 4.78 is 11.6. The van der Waals surface area contributed by atoms with Gasteiger partial charge in [0.25, 0.3) is 0 Å². The zero-order valence-electron chi connectivity index (χ0n) is 16.7. The fourth-order valence-electron chi connectivity index (χ4n) is 2.70. The molecule has 0 saturated carbocycles. The molecule has 0 aliphatic heterocycles. The summed E-state index contributed by atoms with van der Waals surface area (Å²) in [6.45, 7) is 2.75. The van der Waals surface area contributed by atoms with E-state index in [4.69, 9.17) is 44.3 Å². The van der Waals surface area contributed by atoms with E-state index in [9.17, 15) is 9.90 Å². The number of hydrogen-bond acceptors (Lipinski definition) is 5. The van der Waals surface area contributed by atoms with Gasteiger partial charge in [-0.15, -0.1) is 0 Å². The van der Waals surface area contributed by atoms with Gasteiger partial charge in [-0.25, -0.2) is 0 Å². The Bertz CT molecular complexity index is 846. The predicted molar refractivity (Wildman–Crippen MR) is 125 cm³/mol. The second kappa shape index (κ2) is 12.5. The summed E-state index contributed by atoms with van der Waals surface area (Å²) in [5.41, 5.74) is 1.39. The van der Waals surface area contributed by atoms with Gasteiger partial charge in [0.2, 0.25) is 0 Å². The van der Waals surface area contributed by atoms with Crippen LogP contribution in [0, 0.1) is 0 Å². The molecule has 0 aliphatic rings. The number of ether oxygens (including phenoxy) is 2. The molecule has 0 amide bonds. The fraction of sp³-hybridized carbons (Fsp3) is 0.381. The van der Waals surface area contributed by atoms with Gasteiger partial charge >= 0.3 is 5.97 Å². The Morgan fingerprint density at radius 2 is 1.80 bits per heavy atom. The SMILES string of the molecule is CCOc1cc(CNC(CCSC)C(=O)O)c(Cl)cc1OCc1c(Cl)cccc1Cl. The van der Waals surface area contributed by atoms with Gasteiger partial charge in [-0.05, 0) is 49.1 Å². The standard InChI is InChI=1S/C21H24Cl3NO4S/c1-3-28-19-9-13(11-25-18(21(26)27)7-8-30-2)17(24)10-20(19)29-12-14-15(22)5-4-6-16(14)23/h4-6,9-10,18,25H,3,7-8,11-12H2,1-2H3,(H,26,27). The van der Waals surface area contributed by atoms with Crippen molar-refractivity contribution in [1.29, 1.82) is 0 Å². The number of rotatable bonds is 12. The molecule has 5 nitrogen and oxygen atoms in total. The van der Waals surface area contributed by atoms with Gasteiger partial charge in [-0.2, -0.15) is 11.8 Å². The summed E-state index contributed by atoms with van der Waals surface area (Å²) in [4.78, 5) is 11.4. The zero-order valence-corrected chi connectivity index (χ0v) is 19.8. The Kier molecular flexibility index (Phi) is 10.4. The molecule has 1 unspecified atom stereocenters. The average Bonchev–Trinajstić information content (AvgIpc) is 2.70. The Labute approximate surface area is 196 Å². The molecule has 2 N–H and O–H groups in total. The number of thioether (sulfide) groups is 1. The van der Waals surface area contributed by atoms with Gasteiger partial charge < -0.3 is 19.9 Å². The molecule has 0 saturated heterocycles. The minimum atomic E-state index is -0.887. The number of carboxylic acids is 1. The molecule has 2 aromatic carbocycles. The van der Waals surface area contributed by atoms with E-state index in [1.165, 1.54) is 0 Å². The quantitative estimate of drug-likeness (QED) is 0.383. The van der Waals surface area contributed by atoms with Crippen molar-refractivity contribution in [3.05, 3.63) is 56.5 Å². The molecule has 0 aliphatic carbocycles. The van der Waals surface area contributed by atoms with Gasteiger partial charge in [0.15, 0.2) is 11.5 Å². The smallest absolute Gasteiger partial charge is 0.320 e. The third-order valence-electron chi connectivity index (χ3n) is 4.29. The molecule has 30 heavy (non-hydrogen) atoms. The van der Waals surface area contributed by atoms with Gasteiger partial charge in [-0.3, -0.25) is 4.79 Å². The maximum Gasteiger partial charge on any atom is 0.320 e. The number of benzene rings is 2. The largest absolute Gasteiger partial charge is 0.490 e. The lowest BCUT2D eigenvalue weighted by atomic mass is 10.1. The first-order valence-electron chi connectivity index (χ1n) is 9.33. The predicted octanol–water partition coefficient (Wildman–Crippen LogP) is 5.92. The first kappa shape index (κ1) is 25.0. The number of aliphatic carboxylic acids is 1. The van der Waals surface area contributed by atoms with E-state index < -0.39 is 12.0 Å². The number of halogens is 3. The van der Waals surface area contributed by atoms with Crippen molar-refractivity contribution in [2.45, 2.75) is 32.5 Å². The minimum absolute atomic E-state index is 0.155. The molecule has 9 heteroatoms. The van der Waals surface area contributed by atoms with E-state index in [0.717, 1.165) is 11.3 Å². The highest BCUT2D eigenvalue weighted by Gasteiger charge is 2.18. The highest BCUT2D eigenvalue weighted by Crippen LogP contribution is 2.35. The minimum Gasteiger partial charge on any atom is -0.490 e. The number of carboxylic acid groups (broad SMARTS) is 1. The molecule has 0 spiro atoms. The summed E-state index contributed by atoms with van der Waals surface area (Å²) in [5, 5.41) is 13.9. The monoisotopic (exact) mass is 491 g/mol. The van der Waals surface area contributed by atoms with Gasteiger partial charge in [-0.1, -0.05) is 40.9 Å². The lowest BCUT2D eigenvalue weighted by Crippen LogP contribution is -2.36. The fourth-order valence-corrected chi connectivity index (χ4v) is 3.89. The molecule has 1 atom stereocenters. The van der Waals surface area contributed by atoms with E-state index in [2.05, 4.69) is 5.32 Å². The van der Waals surface area contributed by atoms with Crippen LogP contribution in [0.2, 0.25) is 15.1 Å². The van der Waals surface area contributed by atoms with E-state index in [0.29, 0.717) is 51.7 Å². The molecule has 0 fully saturated rings. The van der Waals surface area contributed by atoms with E-state index in [-0.39, 0.29) is 6.61 Å². The molecule has 164 valence electrons. The van der Waals surface area contributed by atoms with Crippen LogP contribution >= 0.6 is 46.6 Å². The summed E-state index contributed by atoms with van der Waals surface area (Å²) in [5.74, 6) is 0.831. The first-order valence-corrected chi connectivity index (χ1v) is 11.9. The third kappa shape index (κ3) is 7.13. The van der Waals surface area contributed by atoms with Crippen molar-refractivity contribution in [2.24, 2.45) is 0 Å². The molecule has 0 bridgehead atoms. The topological polar surface area (TPSA) is 67.8 Å². The molecular weight excluding hydrogens is 469 g/mol. The van der Waals surface area contributed by atoms with Crippen molar-refractivity contribution in [1.82, 2.24) is 5.32 Å². The molecule has 0 aromatic heterocycles. The highest BCUT2D eigenvalue weighted by molar-refractivity contribution is 7.98.